The van der Waals surface area contributed by atoms with Gasteiger partial charge in [-0.2, -0.15) is 4.80 Å². The molecule has 0 fully saturated rings. The predicted molar refractivity (Wildman–Crippen MR) is 107 cm³/mol. The van der Waals surface area contributed by atoms with Crippen LogP contribution in [-0.2, 0) is 16.1 Å². The zero-order valence-corrected chi connectivity index (χ0v) is 16.6. The minimum atomic E-state index is -0.413. The number of aromatic nitrogens is 4. The average Bonchev–Trinajstić information content (AvgIpc) is 3.16. The van der Waals surface area contributed by atoms with Crippen LogP contribution in [0.5, 0.6) is 0 Å². The first-order valence-corrected chi connectivity index (χ1v) is 9.36. The molecular weight excluding hydrogens is 370 g/mol. The Bertz CT molecular complexity index is 985. The highest BCUT2D eigenvalue weighted by molar-refractivity contribution is 5.90. The van der Waals surface area contributed by atoms with Crippen LogP contribution in [0.3, 0.4) is 0 Å². The smallest absolute Gasteiger partial charge is 0.338 e. The van der Waals surface area contributed by atoms with E-state index in [9.17, 15) is 9.59 Å². The Kier molecular flexibility index (Phi) is 6.33. The van der Waals surface area contributed by atoms with Gasteiger partial charge in [-0.05, 0) is 43.7 Å². The van der Waals surface area contributed by atoms with Gasteiger partial charge in [0.25, 0.3) is 0 Å². The number of benzene rings is 2. The number of hydrogen-bond donors (Lipinski definition) is 1. The lowest BCUT2D eigenvalue weighted by Gasteiger charge is -2.13. The summed E-state index contributed by atoms with van der Waals surface area (Å²) in [6.45, 7) is 5.44. The number of carbonyl (C=O) groups excluding carboxylic acids is 2. The molecule has 0 unspecified atom stereocenters. The summed E-state index contributed by atoms with van der Waals surface area (Å²) in [6, 6.07) is 16.4. The fraction of sp³-hybridized carbons (Fsp3) is 0.286. The molecule has 0 aliphatic heterocycles. The minimum absolute atomic E-state index is 0.0563. The van der Waals surface area contributed by atoms with Gasteiger partial charge < -0.3 is 10.1 Å². The van der Waals surface area contributed by atoms with E-state index >= 15 is 0 Å². The van der Waals surface area contributed by atoms with Gasteiger partial charge in [0.2, 0.25) is 11.7 Å². The number of ether oxygens (including phenoxy) is 1. The van der Waals surface area contributed by atoms with Crippen molar-refractivity contribution in [2.24, 2.45) is 0 Å². The third kappa shape index (κ3) is 5.47. The molecule has 0 radical (unpaired) electrons. The molecule has 0 bridgehead atoms. The Morgan fingerprint density at radius 2 is 1.83 bits per heavy atom. The van der Waals surface area contributed by atoms with Crippen molar-refractivity contribution in [3.05, 3.63) is 65.7 Å². The summed E-state index contributed by atoms with van der Waals surface area (Å²) in [5, 5.41) is 15.1. The van der Waals surface area contributed by atoms with Gasteiger partial charge in [0.05, 0.1) is 17.7 Å². The van der Waals surface area contributed by atoms with Gasteiger partial charge in [-0.3, -0.25) is 4.79 Å². The molecular formula is C21H23N5O3. The minimum Gasteiger partial charge on any atom is -0.459 e. The van der Waals surface area contributed by atoms with E-state index in [-0.39, 0.29) is 24.6 Å². The summed E-state index contributed by atoms with van der Waals surface area (Å²) in [6.07, 6.45) is -0.207. The fourth-order valence-electron chi connectivity index (χ4n) is 2.73. The number of carbonyl (C=O) groups is 2. The fourth-order valence-corrected chi connectivity index (χ4v) is 2.73. The van der Waals surface area contributed by atoms with Gasteiger partial charge in [0, 0.05) is 5.56 Å². The van der Waals surface area contributed by atoms with E-state index in [1.807, 2.05) is 37.3 Å². The van der Waals surface area contributed by atoms with Crippen LogP contribution in [0, 0.1) is 0 Å². The summed E-state index contributed by atoms with van der Waals surface area (Å²) in [5.41, 5.74) is 2.03. The zero-order chi connectivity index (χ0) is 20.8. The van der Waals surface area contributed by atoms with E-state index in [1.165, 1.54) is 4.80 Å². The first kappa shape index (κ1) is 20.2. The van der Waals surface area contributed by atoms with Crippen molar-refractivity contribution in [3.63, 3.8) is 0 Å². The van der Waals surface area contributed by atoms with Gasteiger partial charge >= 0.3 is 5.97 Å². The molecule has 1 atom stereocenters. The van der Waals surface area contributed by atoms with Crippen molar-refractivity contribution >= 4 is 11.9 Å². The van der Waals surface area contributed by atoms with E-state index in [0.29, 0.717) is 17.0 Å². The van der Waals surface area contributed by atoms with Crippen molar-refractivity contribution in [3.8, 4) is 11.4 Å². The molecule has 0 aliphatic carbocycles. The van der Waals surface area contributed by atoms with Crippen LogP contribution in [0.1, 0.15) is 42.7 Å². The lowest BCUT2D eigenvalue weighted by atomic mass is 10.1. The molecule has 3 aromatic rings. The lowest BCUT2D eigenvalue weighted by Crippen LogP contribution is -2.30. The number of esters is 1. The molecule has 29 heavy (non-hydrogen) atoms. The highest BCUT2D eigenvalue weighted by Gasteiger charge is 2.15. The first-order chi connectivity index (χ1) is 13.9. The molecule has 1 N–H and O–H groups in total. The summed E-state index contributed by atoms with van der Waals surface area (Å²) >= 11 is 0. The maximum Gasteiger partial charge on any atom is 0.338 e. The topological polar surface area (TPSA) is 99.0 Å². The monoisotopic (exact) mass is 393 g/mol. The average molecular weight is 393 g/mol. The van der Waals surface area contributed by atoms with Crippen molar-refractivity contribution in [1.29, 1.82) is 0 Å². The molecule has 0 aliphatic rings. The summed E-state index contributed by atoms with van der Waals surface area (Å²) in [4.78, 5) is 25.6. The number of nitrogens with zero attached hydrogens (tertiary/aromatic N) is 4. The molecule has 1 aromatic heterocycles. The normalized spacial score (nSPS) is 11.9. The molecule has 150 valence electrons. The number of hydrogen-bond acceptors (Lipinski definition) is 6. The Hall–Kier alpha value is -3.55. The van der Waals surface area contributed by atoms with E-state index in [2.05, 4.69) is 20.7 Å². The van der Waals surface area contributed by atoms with Crippen molar-refractivity contribution in [2.45, 2.75) is 39.5 Å². The van der Waals surface area contributed by atoms with Gasteiger partial charge in [0.1, 0.15) is 6.54 Å². The van der Waals surface area contributed by atoms with E-state index in [4.69, 9.17) is 4.74 Å². The SMILES string of the molecule is CC(C)OC(=O)c1cccc(-c2nnn(CC(=O)N[C@H](C)c3ccccc3)n2)c1. The molecule has 1 heterocycles. The van der Waals surface area contributed by atoms with Crippen LogP contribution in [0.4, 0.5) is 0 Å². The van der Waals surface area contributed by atoms with E-state index < -0.39 is 5.97 Å². The maximum absolute atomic E-state index is 12.3. The van der Waals surface area contributed by atoms with E-state index in [0.717, 1.165) is 5.56 Å². The Morgan fingerprint density at radius 1 is 1.07 bits per heavy atom. The number of amides is 1. The molecule has 0 saturated carbocycles. The molecule has 0 saturated heterocycles. The second-order valence-corrected chi connectivity index (χ2v) is 6.88. The van der Waals surface area contributed by atoms with Crippen molar-refractivity contribution in [1.82, 2.24) is 25.5 Å². The third-order valence-corrected chi connectivity index (χ3v) is 4.11. The van der Waals surface area contributed by atoms with Crippen molar-refractivity contribution in [2.75, 3.05) is 0 Å². The summed E-state index contributed by atoms with van der Waals surface area (Å²) < 4.78 is 5.20. The van der Waals surface area contributed by atoms with Crippen LogP contribution in [0.25, 0.3) is 11.4 Å². The maximum atomic E-state index is 12.3. The highest BCUT2D eigenvalue weighted by Crippen LogP contribution is 2.17. The molecule has 2 aromatic carbocycles. The second-order valence-electron chi connectivity index (χ2n) is 6.88. The summed E-state index contributed by atoms with van der Waals surface area (Å²) in [7, 11) is 0. The molecule has 8 heteroatoms. The van der Waals surface area contributed by atoms with Gasteiger partial charge in [0.15, 0.2) is 0 Å². The zero-order valence-electron chi connectivity index (χ0n) is 16.6. The quantitative estimate of drug-likeness (QED) is 0.620. The van der Waals surface area contributed by atoms with Crippen LogP contribution < -0.4 is 5.32 Å². The largest absolute Gasteiger partial charge is 0.459 e. The van der Waals surface area contributed by atoms with Crippen LogP contribution in [0.15, 0.2) is 54.6 Å². The lowest BCUT2D eigenvalue weighted by molar-refractivity contribution is -0.122. The molecule has 3 rings (SSSR count). The van der Waals surface area contributed by atoms with Crippen molar-refractivity contribution < 1.29 is 14.3 Å². The van der Waals surface area contributed by atoms with Gasteiger partial charge in [-0.15, -0.1) is 10.2 Å². The molecule has 0 spiro atoms. The van der Waals surface area contributed by atoms with E-state index in [1.54, 1.807) is 38.1 Å². The Labute approximate surface area is 168 Å². The first-order valence-electron chi connectivity index (χ1n) is 9.36. The number of tetrazole rings is 1. The summed E-state index contributed by atoms with van der Waals surface area (Å²) in [5.74, 6) is -0.309. The molecule has 8 nitrogen and oxygen atoms in total. The Balaban J connectivity index is 1.65. The Morgan fingerprint density at radius 3 is 2.55 bits per heavy atom. The second kappa shape index (κ2) is 9.09. The highest BCUT2D eigenvalue weighted by atomic mass is 16.5. The van der Waals surface area contributed by atoms with Gasteiger partial charge in [-0.1, -0.05) is 42.5 Å². The third-order valence-electron chi connectivity index (χ3n) is 4.11. The number of rotatable bonds is 7. The predicted octanol–water partition coefficient (Wildman–Crippen LogP) is 2.78. The number of nitrogens with one attached hydrogen (secondary N) is 1. The van der Waals surface area contributed by atoms with Crippen LogP contribution in [-0.4, -0.2) is 38.2 Å². The van der Waals surface area contributed by atoms with Crippen LogP contribution in [0.2, 0.25) is 0 Å². The van der Waals surface area contributed by atoms with Crippen LogP contribution >= 0.6 is 0 Å². The molecule has 1 amide bonds. The standard InChI is InChI=1S/C21H23N5O3/c1-14(2)29-21(28)18-11-7-10-17(12-18)20-23-25-26(24-20)13-19(27)22-15(3)16-8-5-4-6-9-16/h4-12,14-15H,13H2,1-3H3,(H,22,27)/t15-/m1/s1. The van der Waals surface area contributed by atoms with Gasteiger partial charge in [-0.25, -0.2) is 4.79 Å².